The van der Waals surface area contributed by atoms with Gasteiger partial charge < -0.3 is 15.4 Å². The van der Waals surface area contributed by atoms with Crippen LogP contribution in [0.5, 0.6) is 0 Å². The van der Waals surface area contributed by atoms with E-state index in [0.29, 0.717) is 22.4 Å². The number of aromatic amines is 1. The molecule has 6 nitrogen and oxygen atoms in total. The van der Waals surface area contributed by atoms with Crippen LogP contribution in [0.15, 0.2) is 47.8 Å². The highest BCUT2D eigenvalue weighted by atomic mass is 32.2. The molecule has 3 rings (SSSR count). The van der Waals surface area contributed by atoms with E-state index in [1.54, 1.807) is 36.7 Å². The molecule has 0 spiro atoms. The summed E-state index contributed by atoms with van der Waals surface area (Å²) in [6, 6.07) is 9.46. The molecule has 2 heterocycles. The van der Waals surface area contributed by atoms with Crippen molar-refractivity contribution in [1.29, 1.82) is 0 Å². The number of aliphatic hydroxyl groups excluding tert-OH is 1. The van der Waals surface area contributed by atoms with Crippen LogP contribution in [0.2, 0.25) is 0 Å². The van der Waals surface area contributed by atoms with Crippen LogP contribution in [0.25, 0.3) is 22.5 Å². The van der Waals surface area contributed by atoms with E-state index < -0.39 is 10.8 Å². The number of halogens is 1. The minimum absolute atomic E-state index is 0.0197. The Bertz CT molecular complexity index is 927. The lowest BCUT2D eigenvalue weighted by Gasteiger charge is -2.12. The molecule has 0 saturated carbocycles. The van der Waals surface area contributed by atoms with E-state index in [-0.39, 0.29) is 18.5 Å². The molecule has 26 heavy (non-hydrogen) atoms. The molecule has 2 atom stereocenters. The fraction of sp³-hybridized carbons (Fsp3) is 0.222. The molecule has 2 aromatic heterocycles. The van der Waals surface area contributed by atoms with Gasteiger partial charge in [-0.3, -0.25) is 4.21 Å². The maximum atomic E-state index is 13.3. The summed E-state index contributed by atoms with van der Waals surface area (Å²) in [5.41, 5.74) is 2.76. The van der Waals surface area contributed by atoms with Crippen LogP contribution in [0.1, 0.15) is 6.92 Å². The number of nitrogens with zero attached hydrogens (tertiary/aromatic N) is 2. The number of benzene rings is 1. The van der Waals surface area contributed by atoms with E-state index >= 15 is 0 Å². The number of aliphatic hydroxyl groups is 1. The van der Waals surface area contributed by atoms with Gasteiger partial charge in [0.15, 0.2) is 5.16 Å². The minimum Gasteiger partial charge on any atom is -0.394 e. The van der Waals surface area contributed by atoms with Gasteiger partial charge in [0, 0.05) is 29.6 Å². The van der Waals surface area contributed by atoms with Crippen molar-refractivity contribution in [3.63, 3.8) is 0 Å². The predicted molar refractivity (Wildman–Crippen MR) is 99.7 cm³/mol. The Balaban J connectivity index is 2.08. The number of imidazole rings is 1. The number of H-pyrrole nitrogens is 1. The summed E-state index contributed by atoms with van der Waals surface area (Å²) < 4.78 is 25.1. The molecule has 0 saturated heterocycles. The van der Waals surface area contributed by atoms with E-state index in [1.165, 1.54) is 12.1 Å². The zero-order valence-corrected chi connectivity index (χ0v) is 15.2. The zero-order chi connectivity index (χ0) is 18.7. The summed E-state index contributed by atoms with van der Waals surface area (Å²) in [6.45, 7) is 1.82. The molecule has 3 N–H and O–H groups in total. The van der Waals surface area contributed by atoms with E-state index in [2.05, 4.69) is 20.3 Å². The molecular formula is C18H19FN4O2S. The van der Waals surface area contributed by atoms with Crippen molar-refractivity contribution in [1.82, 2.24) is 15.0 Å². The van der Waals surface area contributed by atoms with Crippen LogP contribution in [-0.2, 0) is 10.8 Å². The monoisotopic (exact) mass is 374 g/mol. The number of anilines is 1. The molecule has 2 unspecified atom stereocenters. The lowest BCUT2D eigenvalue weighted by molar-refractivity contribution is 0.281. The van der Waals surface area contributed by atoms with Gasteiger partial charge >= 0.3 is 0 Å². The van der Waals surface area contributed by atoms with Crippen molar-refractivity contribution in [2.24, 2.45) is 0 Å². The molecule has 3 aromatic rings. The first-order chi connectivity index (χ1) is 12.5. The van der Waals surface area contributed by atoms with Crippen LogP contribution in [0, 0.1) is 5.82 Å². The molecule has 136 valence electrons. The molecule has 1 aromatic carbocycles. The van der Waals surface area contributed by atoms with Crippen LogP contribution in [-0.4, -0.2) is 43.2 Å². The van der Waals surface area contributed by atoms with Gasteiger partial charge in [-0.15, -0.1) is 0 Å². The number of pyridine rings is 1. The van der Waals surface area contributed by atoms with Gasteiger partial charge in [-0.2, -0.15) is 0 Å². The van der Waals surface area contributed by atoms with Gasteiger partial charge in [0.2, 0.25) is 0 Å². The molecule has 0 radical (unpaired) electrons. The Hall–Kier alpha value is -2.58. The summed E-state index contributed by atoms with van der Waals surface area (Å²) in [6.07, 6.45) is 3.17. The topological polar surface area (TPSA) is 90.9 Å². The van der Waals surface area contributed by atoms with Crippen molar-refractivity contribution in [3.8, 4) is 22.5 Å². The van der Waals surface area contributed by atoms with Gasteiger partial charge in [0.05, 0.1) is 28.8 Å². The van der Waals surface area contributed by atoms with E-state index in [1.807, 2.05) is 6.92 Å². The number of rotatable bonds is 6. The van der Waals surface area contributed by atoms with Crippen molar-refractivity contribution in [2.45, 2.75) is 18.1 Å². The zero-order valence-electron chi connectivity index (χ0n) is 14.4. The summed E-state index contributed by atoms with van der Waals surface area (Å²) in [7, 11) is -1.29. The van der Waals surface area contributed by atoms with Gasteiger partial charge in [-0.1, -0.05) is 0 Å². The highest BCUT2D eigenvalue weighted by Gasteiger charge is 2.17. The van der Waals surface area contributed by atoms with Gasteiger partial charge in [-0.25, -0.2) is 14.4 Å². The van der Waals surface area contributed by atoms with Crippen molar-refractivity contribution in [3.05, 3.63) is 48.4 Å². The van der Waals surface area contributed by atoms with Crippen LogP contribution in [0.4, 0.5) is 10.2 Å². The third-order valence-corrected chi connectivity index (χ3v) is 4.53. The van der Waals surface area contributed by atoms with E-state index in [9.17, 15) is 13.7 Å². The first-order valence-corrected chi connectivity index (χ1v) is 9.57. The fourth-order valence-corrected chi connectivity index (χ4v) is 2.94. The summed E-state index contributed by atoms with van der Waals surface area (Å²) in [5.74, 6) is 0.263. The Morgan fingerprint density at radius 1 is 1.27 bits per heavy atom. The largest absolute Gasteiger partial charge is 0.394 e. The smallest absolute Gasteiger partial charge is 0.197 e. The molecular weight excluding hydrogens is 355 g/mol. The molecule has 0 amide bonds. The first-order valence-electron chi connectivity index (χ1n) is 8.01. The Kier molecular flexibility index (Phi) is 5.43. The van der Waals surface area contributed by atoms with Crippen molar-refractivity contribution in [2.75, 3.05) is 18.2 Å². The lowest BCUT2D eigenvalue weighted by Crippen LogP contribution is -2.19. The SMILES string of the molecule is CC(CO)Nc1cc(-c2nc(S(C)=O)[nH]c2-c2ccc(F)cc2)ccn1. The highest BCUT2D eigenvalue weighted by molar-refractivity contribution is 7.84. The van der Waals surface area contributed by atoms with Crippen LogP contribution >= 0.6 is 0 Å². The summed E-state index contributed by atoms with van der Waals surface area (Å²) in [5, 5.41) is 12.6. The number of nitrogens with one attached hydrogen (secondary N) is 2. The number of hydrogen-bond acceptors (Lipinski definition) is 5. The third kappa shape index (κ3) is 3.97. The van der Waals surface area contributed by atoms with Gasteiger partial charge in [-0.05, 0) is 43.3 Å². The maximum Gasteiger partial charge on any atom is 0.197 e. The van der Waals surface area contributed by atoms with Gasteiger partial charge in [0.1, 0.15) is 11.6 Å². The predicted octanol–water partition coefficient (Wildman–Crippen LogP) is 2.81. The summed E-state index contributed by atoms with van der Waals surface area (Å²) >= 11 is 0. The Labute approximate surface area is 153 Å². The van der Waals surface area contributed by atoms with Crippen molar-refractivity contribution < 1.29 is 13.7 Å². The second-order valence-corrected chi connectivity index (χ2v) is 7.18. The number of hydrogen-bond donors (Lipinski definition) is 3. The molecule has 0 aliphatic heterocycles. The first kappa shape index (κ1) is 18.2. The molecule has 0 bridgehead atoms. The van der Waals surface area contributed by atoms with Crippen LogP contribution in [0.3, 0.4) is 0 Å². The standard InChI is InChI=1S/C18H19FN4O2S/c1-11(10-24)21-15-9-13(7-8-20-15)17-16(22-18(23-17)26(2)25)12-3-5-14(19)6-4-12/h3-9,11,24H,10H2,1-2H3,(H,20,21)(H,22,23). The normalized spacial score (nSPS) is 13.4. The van der Waals surface area contributed by atoms with E-state index in [0.717, 1.165) is 11.1 Å². The minimum atomic E-state index is -1.29. The summed E-state index contributed by atoms with van der Waals surface area (Å²) in [4.78, 5) is 11.8. The average Bonchev–Trinajstić information content (AvgIpc) is 3.08. The Morgan fingerprint density at radius 2 is 2.00 bits per heavy atom. The fourth-order valence-electron chi connectivity index (χ4n) is 2.48. The second kappa shape index (κ2) is 7.76. The quantitative estimate of drug-likeness (QED) is 0.617. The average molecular weight is 374 g/mol. The molecule has 0 aliphatic carbocycles. The van der Waals surface area contributed by atoms with E-state index in [4.69, 9.17) is 0 Å². The Morgan fingerprint density at radius 3 is 2.65 bits per heavy atom. The lowest BCUT2D eigenvalue weighted by atomic mass is 10.1. The second-order valence-electron chi connectivity index (χ2n) is 5.88. The highest BCUT2D eigenvalue weighted by Crippen LogP contribution is 2.31. The molecule has 0 aliphatic rings. The maximum absolute atomic E-state index is 13.3. The van der Waals surface area contributed by atoms with Crippen molar-refractivity contribution >= 4 is 16.6 Å². The molecule has 0 fully saturated rings. The molecule has 8 heteroatoms. The number of aromatic nitrogens is 3. The van der Waals surface area contributed by atoms with Crippen LogP contribution < -0.4 is 5.32 Å². The van der Waals surface area contributed by atoms with Gasteiger partial charge in [0.25, 0.3) is 0 Å². The third-order valence-electron chi connectivity index (χ3n) is 3.79.